The number of hydrogen-bond donors (Lipinski definition) is 2. The maximum absolute atomic E-state index is 11.9. The summed E-state index contributed by atoms with van der Waals surface area (Å²) in [6, 6.07) is 10.5. The zero-order chi connectivity index (χ0) is 17.0. The molecular formula is C14H13ClN4O3S2. The highest BCUT2D eigenvalue weighted by atomic mass is 35.5. The number of nitrogens with zero attached hydrogens (tertiary/aromatic N) is 2. The van der Waals surface area contributed by atoms with Gasteiger partial charge >= 0.3 is 6.01 Å². The zero-order valence-corrected chi connectivity index (χ0v) is 14.7. The van der Waals surface area contributed by atoms with Crippen LogP contribution in [0.2, 0.25) is 5.02 Å². The largest absolute Gasteiger partial charge is 0.336 e. The smallest absolute Gasteiger partial charge is 0.321 e. The summed E-state index contributed by atoms with van der Waals surface area (Å²) < 4.78 is 31.7. The van der Waals surface area contributed by atoms with Crippen LogP contribution in [-0.2, 0) is 10.0 Å². The molecule has 0 aliphatic heterocycles. The predicted octanol–water partition coefficient (Wildman–Crippen LogP) is 2.84. The van der Waals surface area contributed by atoms with Crippen molar-refractivity contribution in [3.63, 3.8) is 0 Å². The number of halogens is 1. The molecule has 2 heterocycles. The Morgan fingerprint density at radius 3 is 2.83 bits per heavy atom. The first-order valence-electron chi connectivity index (χ1n) is 6.91. The lowest BCUT2D eigenvalue weighted by Crippen LogP contribution is -2.28. The second-order valence-corrected chi connectivity index (χ2v) is 8.07. The highest BCUT2D eigenvalue weighted by molar-refractivity contribution is 7.91. The number of hydrogen-bond acceptors (Lipinski definition) is 7. The Morgan fingerprint density at radius 2 is 2.08 bits per heavy atom. The predicted molar refractivity (Wildman–Crippen MR) is 92.7 cm³/mol. The van der Waals surface area contributed by atoms with Crippen molar-refractivity contribution in [1.29, 1.82) is 0 Å². The first-order chi connectivity index (χ1) is 11.5. The van der Waals surface area contributed by atoms with Crippen molar-refractivity contribution in [3.05, 3.63) is 46.8 Å². The van der Waals surface area contributed by atoms with Gasteiger partial charge in [-0.1, -0.05) is 35.0 Å². The van der Waals surface area contributed by atoms with Crippen molar-refractivity contribution >= 4 is 39.0 Å². The molecule has 0 radical (unpaired) electrons. The highest BCUT2D eigenvalue weighted by Gasteiger charge is 2.14. The van der Waals surface area contributed by atoms with E-state index < -0.39 is 10.0 Å². The maximum Gasteiger partial charge on any atom is 0.321 e. The van der Waals surface area contributed by atoms with E-state index in [1.165, 1.54) is 0 Å². The van der Waals surface area contributed by atoms with Gasteiger partial charge in [-0.25, -0.2) is 13.1 Å². The highest BCUT2D eigenvalue weighted by Crippen LogP contribution is 2.21. The molecule has 0 atom stereocenters. The molecule has 0 saturated carbocycles. The number of thiophene rings is 1. The van der Waals surface area contributed by atoms with Gasteiger partial charge in [0.25, 0.3) is 0 Å². The first-order valence-corrected chi connectivity index (χ1v) is 9.65. The van der Waals surface area contributed by atoms with Gasteiger partial charge in [0.15, 0.2) is 0 Å². The summed E-state index contributed by atoms with van der Waals surface area (Å²) in [4.78, 5) is 4.18. The van der Waals surface area contributed by atoms with Crippen LogP contribution in [0.5, 0.6) is 0 Å². The van der Waals surface area contributed by atoms with Gasteiger partial charge in [0.05, 0.1) is 0 Å². The lowest BCUT2D eigenvalue weighted by atomic mass is 10.2. The third-order valence-electron chi connectivity index (χ3n) is 2.96. The van der Waals surface area contributed by atoms with Crippen LogP contribution in [0, 0.1) is 0 Å². The Labute approximate surface area is 147 Å². The Balaban J connectivity index is 1.53. The van der Waals surface area contributed by atoms with E-state index in [1.54, 1.807) is 35.7 Å². The minimum absolute atomic E-state index is 0.190. The second-order valence-electron chi connectivity index (χ2n) is 4.69. The van der Waals surface area contributed by atoms with Crippen molar-refractivity contribution in [2.45, 2.75) is 4.21 Å². The zero-order valence-electron chi connectivity index (χ0n) is 12.3. The molecule has 0 aliphatic carbocycles. The fraction of sp³-hybridized carbons (Fsp3) is 0.143. The quantitative estimate of drug-likeness (QED) is 0.608. The topological polar surface area (TPSA) is 97.1 Å². The molecule has 2 N–H and O–H groups in total. The van der Waals surface area contributed by atoms with E-state index in [2.05, 4.69) is 20.2 Å². The molecule has 24 heavy (non-hydrogen) atoms. The molecule has 0 unspecified atom stereocenters. The minimum atomic E-state index is -3.47. The summed E-state index contributed by atoms with van der Waals surface area (Å²) >= 11 is 7.09. The van der Waals surface area contributed by atoms with Gasteiger partial charge in [-0.3, -0.25) is 0 Å². The van der Waals surface area contributed by atoms with Gasteiger partial charge in [-0.2, -0.15) is 4.98 Å². The molecule has 0 spiro atoms. The third kappa shape index (κ3) is 4.12. The van der Waals surface area contributed by atoms with Crippen LogP contribution >= 0.6 is 22.9 Å². The lowest BCUT2D eigenvalue weighted by molar-refractivity contribution is 0.432. The monoisotopic (exact) mass is 384 g/mol. The van der Waals surface area contributed by atoms with Crippen molar-refractivity contribution in [1.82, 2.24) is 14.9 Å². The molecule has 7 nitrogen and oxygen atoms in total. The molecule has 126 valence electrons. The number of benzene rings is 1. The maximum atomic E-state index is 11.9. The summed E-state index contributed by atoms with van der Waals surface area (Å²) in [5.74, 6) is 0.402. The molecule has 2 aromatic heterocycles. The van der Waals surface area contributed by atoms with E-state index >= 15 is 0 Å². The summed E-state index contributed by atoms with van der Waals surface area (Å²) in [6.07, 6.45) is 0. The van der Waals surface area contributed by atoms with Gasteiger partial charge in [-0.05, 0) is 23.6 Å². The van der Waals surface area contributed by atoms with Gasteiger partial charge in [0, 0.05) is 23.7 Å². The fourth-order valence-electron chi connectivity index (χ4n) is 1.88. The first kappa shape index (κ1) is 16.9. The Hall–Kier alpha value is -1.94. The summed E-state index contributed by atoms with van der Waals surface area (Å²) in [5.41, 5.74) is 0.734. The molecule has 3 aromatic rings. The third-order valence-corrected chi connectivity index (χ3v) is 6.06. The van der Waals surface area contributed by atoms with Gasteiger partial charge < -0.3 is 9.84 Å². The normalized spacial score (nSPS) is 11.5. The van der Waals surface area contributed by atoms with E-state index in [0.717, 1.165) is 16.9 Å². The van der Waals surface area contributed by atoms with E-state index in [0.29, 0.717) is 17.4 Å². The fourth-order valence-corrected chi connectivity index (χ4v) is 4.14. The van der Waals surface area contributed by atoms with Crippen LogP contribution < -0.4 is 10.0 Å². The van der Waals surface area contributed by atoms with E-state index in [9.17, 15) is 8.42 Å². The van der Waals surface area contributed by atoms with Crippen molar-refractivity contribution < 1.29 is 12.9 Å². The Kier molecular flexibility index (Phi) is 5.14. The standard InChI is InChI=1S/C14H13ClN4O3S2/c15-11-4-1-3-10(9-11)13-18-14(22-19-13)16-6-7-17-24(20,21)12-5-2-8-23-12/h1-5,8-9,17H,6-7H2,(H,16,18,19). The molecular weight excluding hydrogens is 372 g/mol. The number of aromatic nitrogens is 2. The molecule has 3 rings (SSSR count). The average Bonchev–Trinajstić information content (AvgIpc) is 3.23. The van der Waals surface area contributed by atoms with Gasteiger partial charge in [0.1, 0.15) is 4.21 Å². The van der Waals surface area contributed by atoms with Crippen LogP contribution in [0.25, 0.3) is 11.4 Å². The Bertz CT molecular complexity index is 910. The molecule has 0 bridgehead atoms. The van der Waals surface area contributed by atoms with Crippen LogP contribution in [0.3, 0.4) is 0 Å². The number of anilines is 1. The molecule has 0 aliphatic rings. The SMILES string of the molecule is O=S(=O)(NCCNc1nc(-c2cccc(Cl)c2)no1)c1cccs1. The summed E-state index contributed by atoms with van der Waals surface area (Å²) in [5, 5.41) is 9.01. The van der Waals surface area contributed by atoms with Crippen molar-refractivity contribution in [2.24, 2.45) is 0 Å². The number of rotatable bonds is 7. The average molecular weight is 385 g/mol. The number of nitrogens with one attached hydrogen (secondary N) is 2. The van der Waals surface area contributed by atoms with E-state index in [1.807, 2.05) is 6.07 Å². The van der Waals surface area contributed by atoms with Crippen LogP contribution in [0.4, 0.5) is 6.01 Å². The second kappa shape index (κ2) is 7.31. The lowest BCUT2D eigenvalue weighted by Gasteiger charge is -2.04. The Morgan fingerprint density at radius 1 is 1.21 bits per heavy atom. The van der Waals surface area contributed by atoms with Gasteiger partial charge in [-0.15, -0.1) is 11.3 Å². The van der Waals surface area contributed by atoms with Crippen molar-refractivity contribution in [2.75, 3.05) is 18.4 Å². The minimum Gasteiger partial charge on any atom is -0.336 e. The summed E-state index contributed by atoms with van der Waals surface area (Å²) in [7, 11) is -3.47. The van der Waals surface area contributed by atoms with E-state index in [-0.39, 0.29) is 16.8 Å². The van der Waals surface area contributed by atoms with E-state index in [4.69, 9.17) is 16.1 Å². The molecule has 10 heteroatoms. The molecule has 0 fully saturated rings. The van der Waals surface area contributed by atoms with Gasteiger partial charge in [0.2, 0.25) is 15.8 Å². The van der Waals surface area contributed by atoms with Crippen LogP contribution in [0.1, 0.15) is 0 Å². The summed E-state index contributed by atoms with van der Waals surface area (Å²) in [6.45, 7) is 0.497. The molecule has 0 saturated heterocycles. The molecule has 1 aromatic carbocycles. The number of sulfonamides is 1. The van der Waals surface area contributed by atoms with Crippen molar-refractivity contribution in [3.8, 4) is 11.4 Å². The molecule has 0 amide bonds. The van der Waals surface area contributed by atoms with Crippen LogP contribution in [0.15, 0.2) is 50.5 Å². The van der Waals surface area contributed by atoms with Crippen LogP contribution in [-0.4, -0.2) is 31.6 Å².